The van der Waals surface area contributed by atoms with Crippen LogP contribution in [0.5, 0.6) is 11.5 Å². The predicted octanol–water partition coefficient (Wildman–Crippen LogP) is 11.9. The quantitative estimate of drug-likeness (QED) is 0.123. The van der Waals surface area contributed by atoms with E-state index < -0.39 is 122 Å². The van der Waals surface area contributed by atoms with Gasteiger partial charge in [0.05, 0.1) is 49.4 Å². The molecule has 332 valence electrons. The zero-order valence-corrected chi connectivity index (χ0v) is 38.1. The molecule has 6 nitrogen and oxygen atoms in total. The lowest BCUT2D eigenvalue weighted by molar-refractivity contribution is 0.437. The summed E-state index contributed by atoms with van der Waals surface area (Å²) in [6, 6.07) is 38.6. The summed E-state index contributed by atoms with van der Waals surface area (Å²) in [6.45, 7) is 0. The molecule has 15 rings (SSSR count). The van der Waals surface area contributed by atoms with Gasteiger partial charge >= 0.3 is 0 Å². The number of fused-ring (bicyclic) bond motifs is 15. The van der Waals surface area contributed by atoms with E-state index in [9.17, 15) is 11.0 Å². The highest BCUT2D eigenvalue weighted by Crippen LogP contribution is 2.61. The van der Waals surface area contributed by atoms with Gasteiger partial charge < -0.3 is 4.74 Å². The SMILES string of the molecule is [2H]c1c([2H])c([2H])c2c(c1[2H])c1c([2H])c([2H])c([2H])c([2H])c1n2-c1nc(-n2c3c([2H])c([2H])c([2H])c([2H])c3c3c([2H])c([2H])c([2H])c([2H])c32)nc([Si](c2ccccc2)(c2ccccc2)c2ccc3c(c2)Oc2ccccc2C32c3ccccc3-c3ccccc32)n1. The molecule has 71 heavy (non-hydrogen) atoms. The van der Waals surface area contributed by atoms with Gasteiger partial charge in [0, 0.05) is 32.7 Å². The van der Waals surface area contributed by atoms with Crippen LogP contribution in [0.3, 0.4) is 0 Å². The molecule has 1 aliphatic carbocycles. The largest absolute Gasteiger partial charge is 0.457 e. The average molecular weight is 940 g/mol. The van der Waals surface area contributed by atoms with Gasteiger partial charge in [-0.3, -0.25) is 9.13 Å². The van der Waals surface area contributed by atoms with Crippen LogP contribution in [-0.4, -0.2) is 32.2 Å². The van der Waals surface area contributed by atoms with E-state index in [1.807, 2.05) is 115 Å². The number of nitrogens with zero attached hydrogens (tertiary/aromatic N) is 5. The van der Waals surface area contributed by atoms with Crippen molar-refractivity contribution < 1.29 is 26.7 Å². The number of rotatable bonds is 6. The fourth-order valence-corrected chi connectivity index (χ4v) is 15.7. The molecular formula is C64H41N5OSi. The lowest BCUT2D eigenvalue weighted by Crippen LogP contribution is -2.76. The molecule has 0 bridgehead atoms. The van der Waals surface area contributed by atoms with Crippen molar-refractivity contribution in [1.82, 2.24) is 24.1 Å². The average Bonchev–Trinajstić information content (AvgIpc) is 1.63. The van der Waals surface area contributed by atoms with Crippen molar-refractivity contribution in [2.24, 2.45) is 0 Å². The monoisotopic (exact) mass is 939 g/mol. The van der Waals surface area contributed by atoms with E-state index in [2.05, 4.69) is 36.4 Å². The third kappa shape index (κ3) is 5.43. The molecule has 1 aliphatic heterocycles. The standard InChI is InChI=1S/C64H41N5OSi/c1-3-21-42(22-4-1)71(43-23-5-2-6-24-43,44-39-40-54-60(41-44)70-59-38-20-15-33-53(59)64(54)51-31-13-7-25-45(51)46-26-8-14-32-52(46)64)63-66-61(68-55-34-16-9-27-47(55)48-28-10-17-35-56(48)68)65-62(67-63)69-57-36-18-11-29-49(57)50-30-12-19-37-58(50)69/h1-41H/i9D,10D,11D,12D,16D,17D,18D,19D,27D,28D,29D,30D,34D,35D,36D,37D. The molecule has 0 saturated carbocycles. The molecule has 2 aliphatic rings. The molecule has 7 heteroatoms. The van der Waals surface area contributed by atoms with Crippen molar-refractivity contribution >= 4 is 72.7 Å². The van der Waals surface area contributed by atoms with Gasteiger partial charge in [0.15, 0.2) is 0 Å². The molecule has 0 N–H and O–H groups in total. The second-order valence-electron chi connectivity index (χ2n) is 17.5. The van der Waals surface area contributed by atoms with Gasteiger partial charge in [-0.15, -0.1) is 0 Å². The van der Waals surface area contributed by atoms with Crippen molar-refractivity contribution in [3.63, 3.8) is 0 Å². The van der Waals surface area contributed by atoms with Gasteiger partial charge in [-0.2, -0.15) is 4.98 Å². The highest BCUT2D eigenvalue weighted by Gasteiger charge is 2.52. The van der Waals surface area contributed by atoms with Crippen molar-refractivity contribution in [2.45, 2.75) is 5.41 Å². The zero-order valence-electron chi connectivity index (χ0n) is 53.1. The van der Waals surface area contributed by atoms with Crippen LogP contribution in [0.2, 0.25) is 0 Å². The molecular weight excluding hydrogens is 883 g/mol. The first-order chi connectivity index (χ1) is 41.9. The van der Waals surface area contributed by atoms with Crippen LogP contribution in [0.4, 0.5) is 0 Å². The maximum atomic E-state index is 9.60. The predicted molar refractivity (Wildman–Crippen MR) is 289 cm³/mol. The van der Waals surface area contributed by atoms with Crippen molar-refractivity contribution in [1.29, 1.82) is 0 Å². The van der Waals surface area contributed by atoms with Gasteiger partial charge in [-0.1, -0.05) is 212 Å². The normalized spacial score (nSPS) is 16.5. The van der Waals surface area contributed by atoms with E-state index in [0.29, 0.717) is 27.1 Å². The maximum absolute atomic E-state index is 9.60. The number of hydrogen-bond donors (Lipinski definition) is 0. The van der Waals surface area contributed by atoms with Crippen molar-refractivity contribution in [3.05, 3.63) is 271 Å². The van der Waals surface area contributed by atoms with Gasteiger partial charge in [-0.25, -0.2) is 9.97 Å². The molecule has 13 aromatic rings. The summed E-state index contributed by atoms with van der Waals surface area (Å²) in [5.74, 6) is 0.129. The molecule has 0 amide bonds. The van der Waals surface area contributed by atoms with E-state index in [0.717, 1.165) is 42.5 Å². The molecule has 3 aromatic heterocycles. The van der Waals surface area contributed by atoms with Crippen LogP contribution in [0.1, 0.15) is 44.2 Å². The number of benzene rings is 10. The lowest BCUT2D eigenvalue weighted by atomic mass is 9.66. The minimum absolute atomic E-state index is 0.0318. The van der Waals surface area contributed by atoms with E-state index in [1.165, 1.54) is 0 Å². The van der Waals surface area contributed by atoms with Gasteiger partial charge in [0.2, 0.25) is 20.0 Å². The molecule has 1 spiro atoms. The molecule has 4 heterocycles. The van der Waals surface area contributed by atoms with Crippen LogP contribution >= 0.6 is 0 Å². The van der Waals surface area contributed by atoms with Gasteiger partial charge in [0.1, 0.15) is 16.9 Å². The minimum atomic E-state index is -4.35. The Bertz CT molecular complexity index is 4830. The molecule has 0 fully saturated rings. The smallest absolute Gasteiger partial charge is 0.239 e. The first kappa shape index (κ1) is 27.1. The Hall–Kier alpha value is -9.17. The second kappa shape index (κ2) is 15.2. The van der Waals surface area contributed by atoms with Gasteiger partial charge in [0.25, 0.3) is 0 Å². The Balaban J connectivity index is 1.16. The van der Waals surface area contributed by atoms with E-state index >= 15 is 0 Å². The van der Waals surface area contributed by atoms with Crippen molar-refractivity contribution in [3.8, 4) is 34.5 Å². The lowest BCUT2D eigenvalue weighted by Gasteiger charge is -2.40. The summed E-state index contributed by atoms with van der Waals surface area (Å²) in [6.07, 6.45) is 0. The summed E-state index contributed by atoms with van der Waals surface area (Å²) < 4.78 is 157. The van der Waals surface area contributed by atoms with Crippen molar-refractivity contribution in [2.75, 3.05) is 0 Å². The summed E-state index contributed by atoms with van der Waals surface area (Å²) in [5.41, 5.74) is 3.67. The highest BCUT2D eigenvalue weighted by atomic mass is 28.3. The fourth-order valence-electron chi connectivity index (χ4n) is 11.3. The molecule has 0 radical (unpaired) electrons. The van der Waals surface area contributed by atoms with Crippen LogP contribution in [0.25, 0.3) is 66.6 Å². The maximum Gasteiger partial charge on any atom is 0.239 e. The number of para-hydroxylation sites is 5. The second-order valence-corrected chi connectivity index (χ2v) is 21.1. The van der Waals surface area contributed by atoms with E-state index in [1.54, 1.807) is 0 Å². The van der Waals surface area contributed by atoms with Crippen LogP contribution < -0.4 is 25.7 Å². The summed E-state index contributed by atoms with van der Waals surface area (Å²) in [7, 11) is -4.35. The highest BCUT2D eigenvalue weighted by molar-refractivity contribution is 7.19. The Morgan fingerprint density at radius 1 is 0.380 bits per heavy atom. The Kier molecular flexibility index (Phi) is 5.79. The number of aromatic nitrogens is 5. The topological polar surface area (TPSA) is 57.8 Å². The van der Waals surface area contributed by atoms with E-state index in [4.69, 9.17) is 30.7 Å². The fraction of sp³-hybridized carbons (Fsp3) is 0.0156. The number of ether oxygens (including phenoxy) is 1. The Morgan fingerprint density at radius 3 is 1.28 bits per heavy atom. The molecule has 10 aromatic carbocycles. The Morgan fingerprint density at radius 2 is 0.789 bits per heavy atom. The summed E-state index contributed by atoms with van der Waals surface area (Å²) >= 11 is 0. The Labute approximate surface area is 432 Å². The first-order valence-corrected chi connectivity index (χ1v) is 24.9. The third-order valence-electron chi connectivity index (χ3n) is 14.1. The number of hydrogen-bond acceptors (Lipinski definition) is 4. The van der Waals surface area contributed by atoms with Crippen LogP contribution in [-0.2, 0) is 5.41 Å². The molecule has 0 saturated heterocycles. The summed E-state index contributed by atoms with van der Waals surface area (Å²) in [4.78, 5) is 16.0. The summed E-state index contributed by atoms with van der Waals surface area (Å²) in [5, 5.41) is 0.829. The van der Waals surface area contributed by atoms with Crippen LogP contribution in [0.15, 0.2) is 248 Å². The minimum Gasteiger partial charge on any atom is -0.457 e. The van der Waals surface area contributed by atoms with Crippen LogP contribution in [0, 0.1) is 0 Å². The van der Waals surface area contributed by atoms with Gasteiger partial charge in [-0.05, 0) is 74.1 Å². The zero-order chi connectivity index (χ0) is 60.6. The third-order valence-corrected chi connectivity index (χ3v) is 18.6. The first-order valence-electron chi connectivity index (χ1n) is 30.9. The molecule has 0 unspecified atom stereocenters. The molecule has 0 atom stereocenters. The van der Waals surface area contributed by atoms with E-state index in [-0.39, 0.29) is 49.1 Å².